The van der Waals surface area contributed by atoms with E-state index in [-0.39, 0.29) is 0 Å². The lowest BCUT2D eigenvalue weighted by atomic mass is 9.87. The van der Waals surface area contributed by atoms with Crippen LogP contribution in [0.1, 0.15) is 0 Å². The Labute approximate surface area is 260 Å². The molecule has 45 heavy (non-hydrogen) atoms. The molecule has 0 fully saturated rings. The van der Waals surface area contributed by atoms with E-state index < -0.39 is 0 Å². The van der Waals surface area contributed by atoms with E-state index in [1.165, 1.54) is 86.8 Å². The lowest BCUT2D eigenvalue weighted by Crippen LogP contribution is -2.11. The van der Waals surface area contributed by atoms with Gasteiger partial charge in [-0.15, -0.1) is 0 Å². The predicted molar refractivity (Wildman–Crippen MR) is 195 cm³/mol. The number of hydrogen-bond donors (Lipinski definition) is 0. The Morgan fingerprint density at radius 3 is 1.44 bits per heavy atom. The van der Waals surface area contributed by atoms with Gasteiger partial charge >= 0.3 is 0 Å². The minimum atomic E-state index is 1.14. The first-order valence-corrected chi connectivity index (χ1v) is 15.6. The highest BCUT2D eigenvalue weighted by Gasteiger charge is 2.22. The van der Waals surface area contributed by atoms with Crippen LogP contribution in [0.2, 0.25) is 0 Å². The zero-order valence-corrected chi connectivity index (χ0v) is 24.5. The van der Waals surface area contributed by atoms with Crippen LogP contribution < -0.4 is 4.90 Å². The lowest BCUT2D eigenvalue weighted by Gasteiger charge is -2.29. The van der Waals surface area contributed by atoms with E-state index in [0.29, 0.717) is 0 Å². The van der Waals surface area contributed by atoms with Crippen molar-refractivity contribution in [1.82, 2.24) is 0 Å². The largest absolute Gasteiger partial charge is 0.309 e. The first-order chi connectivity index (χ1) is 22.3. The highest BCUT2D eigenvalue weighted by atomic mass is 15.1. The monoisotopic (exact) mass is 569 g/mol. The number of hydrogen-bond acceptors (Lipinski definition) is 1. The summed E-state index contributed by atoms with van der Waals surface area (Å²) in [5, 5.41) is 18.0. The number of benzene rings is 9. The van der Waals surface area contributed by atoms with Crippen molar-refractivity contribution >= 4 is 92.5 Å². The maximum Gasteiger partial charge on any atom is 0.0546 e. The molecule has 1 heteroatoms. The average molecular weight is 570 g/mol. The Balaban J connectivity index is 1.46. The third kappa shape index (κ3) is 3.44. The van der Waals surface area contributed by atoms with Crippen LogP contribution in [-0.2, 0) is 0 Å². The molecule has 0 unspecified atom stereocenters. The molecule has 10 aromatic rings. The molecule has 10 aromatic carbocycles. The van der Waals surface area contributed by atoms with Crippen molar-refractivity contribution < 1.29 is 0 Å². The van der Waals surface area contributed by atoms with Gasteiger partial charge in [0.2, 0.25) is 0 Å². The van der Waals surface area contributed by atoms with Crippen LogP contribution in [0.5, 0.6) is 0 Å². The Kier molecular flexibility index (Phi) is 5.06. The first kappa shape index (κ1) is 24.5. The summed E-state index contributed by atoms with van der Waals surface area (Å²) >= 11 is 0. The number of para-hydroxylation sites is 1. The molecule has 10 rings (SSSR count). The SMILES string of the molecule is c1ccc(N(c2cccc3ccccc23)c2cc3cccc4c5cccc6ccc7cccc(c8cccc2c8c34)c7c65)cc1. The molecule has 0 heterocycles. The lowest BCUT2D eigenvalue weighted by molar-refractivity contribution is 1.32. The molecular formula is C44H27N. The molecule has 208 valence electrons. The smallest absolute Gasteiger partial charge is 0.0546 e. The van der Waals surface area contributed by atoms with Gasteiger partial charge in [0, 0.05) is 21.8 Å². The number of fused-ring (bicyclic) bond motifs is 3. The first-order valence-electron chi connectivity index (χ1n) is 15.6. The van der Waals surface area contributed by atoms with Crippen LogP contribution in [0.4, 0.5) is 17.1 Å². The van der Waals surface area contributed by atoms with Crippen LogP contribution in [0, 0.1) is 0 Å². The summed E-state index contributed by atoms with van der Waals surface area (Å²) < 4.78 is 0. The molecule has 0 atom stereocenters. The van der Waals surface area contributed by atoms with E-state index in [2.05, 4.69) is 169 Å². The molecule has 0 aromatic heterocycles. The van der Waals surface area contributed by atoms with Gasteiger partial charge in [-0.05, 0) is 83.5 Å². The molecule has 0 saturated heterocycles. The summed E-state index contributed by atoms with van der Waals surface area (Å²) in [5.74, 6) is 0. The minimum Gasteiger partial charge on any atom is -0.309 e. The maximum absolute atomic E-state index is 2.46. The number of anilines is 3. The summed E-state index contributed by atoms with van der Waals surface area (Å²) in [5.41, 5.74) is 3.49. The van der Waals surface area contributed by atoms with Crippen LogP contribution in [0.15, 0.2) is 164 Å². The van der Waals surface area contributed by atoms with Gasteiger partial charge in [-0.1, -0.05) is 140 Å². The van der Waals surface area contributed by atoms with Crippen molar-refractivity contribution in [3.05, 3.63) is 164 Å². The highest BCUT2D eigenvalue weighted by molar-refractivity contribution is 6.38. The Morgan fingerprint density at radius 2 is 0.733 bits per heavy atom. The van der Waals surface area contributed by atoms with Crippen molar-refractivity contribution in [1.29, 1.82) is 0 Å². The van der Waals surface area contributed by atoms with Gasteiger partial charge in [-0.3, -0.25) is 0 Å². The van der Waals surface area contributed by atoms with E-state index in [0.717, 1.165) is 5.69 Å². The molecule has 0 saturated carbocycles. The van der Waals surface area contributed by atoms with Gasteiger partial charge in [0.25, 0.3) is 0 Å². The fourth-order valence-corrected chi connectivity index (χ4v) is 7.86. The van der Waals surface area contributed by atoms with Crippen molar-refractivity contribution in [2.24, 2.45) is 0 Å². The number of nitrogens with zero attached hydrogens (tertiary/aromatic N) is 1. The van der Waals surface area contributed by atoms with Crippen molar-refractivity contribution in [2.45, 2.75) is 0 Å². The summed E-state index contributed by atoms with van der Waals surface area (Å²) in [7, 11) is 0. The van der Waals surface area contributed by atoms with Gasteiger partial charge < -0.3 is 4.90 Å². The van der Waals surface area contributed by atoms with Crippen LogP contribution in [-0.4, -0.2) is 0 Å². The Hall–Kier alpha value is -5.92. The standard InChI is InChI=1S/C44H27N/c1-2-16-32(17-3-1)45(39-24-9-12-28-11-4-5-18-33(28)39)40-27-31-15-8-21-35-34-19-6-13-29-25-26-30-14-7-20-36(42(30)41(29)34)37-22-10-23-38(40)44(37)43(31)35/h1-27H. The summed E-state index contributed by atoms with van der Waals surface area (Å²) in [6.45, 7) is 0. The van der Waals surface area contributed by atoms with Gasteiger partial charge in [-0.2, -0.15) is 0 Å². The van der Waals surface area contributed by atoms with Crippen LogP contribution in [0.25, 0.3) is 75.4 Å². The normalized spacial score (nSPS) is 12.0. The second-order valence-corrected chi connectivity index (χ2v) is 12.1. The van der Waals surface area contributed by atoms with Gasteiger partial charge in [-0.25, -0.2) is 0 Å². The molecule has 0 spiro atoms. The predicted octanol–water partition coefficient (Wildman–Crippen LogP) is 12.7. The van der Waals surface area contributed by atoms with E-state index in [9.17, 15) is 0 Å². The van der Waals surface area contributed by atoms with E-state index in [1.807, 2.05) is 0 Å². The van der Waals surface area contributed by atoms with Crippen LogP contribution in [0.3, 0.4) is 0 Å². The molecular weight excluding hydrogens is 542 g/mol. The summed E-state index contributed by atoms with van der Waals surface area (Å²) in [4.78, 5) is 2.46. The Morgan fingerprint density at radius 1 is 0.267 bits per heavy atom. The molecule has 0 N–H and O–H groups in total. The van der Waals surface area contributed by atoms with Crippen molar-refractivity contribution in [3.8, 4) is 0 Å². The van der Waals surface area contributed by atoms with Crippen molar-refractivity contribution in [2.75, 3.05) is 4.90 Å². The van der Waals surface area contributed by atoms with E-state index in [1.54, 1.807) is 0 Å². The molecule has 0 bridgehead atoms. The maximum atomic E-state index is 2.46. The van der Waals surface area contributed by atoms with Gasteiger partial charge in [0.15, 0.2) is 0 Å². The van der Waals surface area contributed by atoms with Gasteiger partial charge in [0.05, 0.1) is 11.4 Å². The second-order valence-electron chi connectivity index (χ2n) is 12.1. The van der Waals surface area contributed by atoms with E-state index >= 15 is 0 Å². The average Bonchev–Trinajstić information content (AvgIpc) is 3.10. The third-order valence-corrected chi connectivity index (χ3v) is 9.71. The zero-order chi connectivity index (χ0) is 29.5. The fraction of sp³-hybridized carbons (Fsp3) is 0. The quantitative estimate of drug-likeness (QED) is 0.191. The summed E-state index contributed by atoms with van der Waals surface area (Å²) in [6, 6.07) is 60.4. The third-order valence-electron chi connectivity index (χ3n) is 9.71. The molecule has 0 aliphatic heterocycles. The molecule has 1 nitrogen and oxygen atoms in total. The van der Waals surface area contributed by atoms with E-state index in [4.69, 9.17) is 0 Å². The Bertz CT molecular complexity index is 2750. The summed E-state index contributed by atoms with van der Waals surface area (Å²) in [6.07, 6.45) is 0. The van der Waals surface area contributed by atoms with Crippen molar-refractivity contribution in [3.63, 3.8) is 0 Å². The molecule has 0 aliphatic carbocycles. The molecule has 0 aliphatic rings. The fourth-order valence-electron chi connectivity index (χ4n) is 7.86. The van der Waals surface area contributed by atoms with Gasteiger partial charge in [0.1, 0.15) is 0 Å². The highest BCUT2D eigenvalue weighted by Crippen LogP contribution is 2.48. The molecule has 0 radical (unpaired) electrons. The number of rotatable bonds is 3. The molecule has 0 amide bonds. The topological polar surface area (TPSA) is 3.24 Å². The van der Waals surface area contributed by atoms with Crippen LogP contribution >= 0.6 is 0 Å². The zero-order valence-electron chi connectivity index (χ0n) is 24.5. The minimum absolute atomic E-state index is 1.14. The second kappa shape index (κ2) is 9.29.